The number of aromatic nitrogens is 3. The highest BCUT2D eigenvalue weighted by Crippen LogP contribution is 2.33. The maximum Gasteiger partial charge on any atom is 0.325 e. The van der Waals surface area contributed by atoms with Crippen LogP contribution in [0.25, 0.3) is 16.4 Å². The predicted octanol–water partition coefficient (Wildman–Crippen LogP) is 3.09. The first-order chi connectivity index (χ1) is 15.8. The number of nitrogens with zero attached hydrogens (tertiary/aromatic N) is 4. The van der Waals surface area contributed by atoms with Gasteiger partial charge in [0.2, 0.25) is 0 Å². The molecule has 0 bridgehead atoms. The zero-order valence-electron chi connectivity index (χ0n) is 18.9. The summed E-state index contributed by atoms with van der Waals surface area (Å²) in [7, 11) is 1.60. The van der Waals surface area contributed by atoms with E-state index in [1.165, 1.54) is 0 Å². The van der Waals surface area contributed by atoms with Crippen LogP contribution in [0.3, 0.4) is 0 Å². The summed E-state index contributed by atoms with van der Waals surface area (Å²) in [6, 6.07) is 8.83. The fourth-order valence-corrected chi connectivity index (χ4v) is 4.44. The molecular weight excluding hydrogens is 422 g/mol. The Morgan fingerprint density at radius 1 is 1.21 bits per heavy atom. The molecule has 4 aromatic rings. The molecule has 9 heteroatoms. The van der Waals surface area contributed by atoms with Crippen molar-refractivity contribution in [2.75, 3.05) is 13.6 Å². The van der Waals surface area contributed by atoms with E-state index in [-0.39, 0.29) is 18.0 Å². The van der Waals surface area contributed by atoms with Gasteiger partial charge in [0.1, 0.15) is 11.3 Å². The lowest BCUT2D eigenvalue weighted by Gasteiger charge is -2.43. The number of amides is 2. The number of nitrogens with one attached hydrogen (secondary N) is 1. The third-order valence-electron chi connectivity index (χ3n) is 6.42. The summed E-state index contributed by atoms with van der Waals surface area (Å²) in [4.78, 5) is 26.9. The van der Waals surface area contributed by atoms with Gasteiger partial charge in [-0.15, -0.1) is 0 Å². The van der Waals surface area contributed by atoms with Gasteiger partial charge in [0.25, 0.3) is 5.91 Å². The van der Waals surface area contributed by atoms with Crippen LogP contribution < -0.4 is 10.1 Å². The van der Waals surface area contributed by atoms with E-state index in [2.05, 4.69) is 10.4 Å². The molecule has 0 saturated carbocycles. The summed E-state index contributed by atoms with van der Waals surface area (Å²) >= 11 is 0. The Labute approximate surface area is 190 Å². The van der Waals surface area contributed by atoms with Crippen LogP contribution in [0.4, 0.5) is 4.79 Å². The Balaban J connectivity index is 1.51. The van der Waals surface area contributed by atoms with Crippen molar-refractivity contribution in [2.24, 2.45) is 0 Å². The third-order valence-corrected chi connectivity index (χ3v) is 6.42. The Bertz CT molecular complexity index is 1420. The number of likely N-dealkylation sites (tertiary alicyclic amines) is 1. The monoisotopic (exact) mass is 447 g/mol. The average molecular weight is 447 g/mol. The maximum absolute atomic E-state index is 13.0. The molecular formula is C24H25N5O4. The molecule has 1 fully saturated rings. The van der Waals surface area contributed by atoms with Crippen molar-refractivity contribution in [2.45, 2.75) is 32.9 Å². The fourth-order valence-electron chi connectivity index (χ4n) is 4.44. The van der Waals surface area contributed by atoms with Gasteiger partial charge in [0.05, 0.1) is 29.4 Å². The van der Waals surface area contributed by atoms with Gasteiger partial charge < -0.3 is 20.1 Å². The largest absolute Gasteiger partial charge is 0.455 e. The van der Waals surface area contributed by atoms with E-state index in [1.54, 1.807) is 39.5 Å². The second-order valence-corrected chi connectivity index (χ2v) is 8.42. The number of aryl methyl sites for hydroxylation is 2. The van der Waals surface area contributed by atoms with Crippen LogP contribution >= 0.6 is 0 Å². The van der Waals surface area contributed by atoms with Crippen molar-refractivity contribution in [1.82, 2.24) is 24.4 Å². The highest BCUT2D eigenvalue weighted by atomic mass is 16.5. The van der Waals surface area contributed by atoms with Crippen LogP contribution in [-0.2, 0) is 0 Å². The summed E-state index contributed by atoms with van der Waals surface area (Å²) in [6.07, 6.45) is 2.84. The van der Waals surface area contributed by atoms with Gasteiger partial charge in [0, 0.05) is 36.9 Å². The van der Waals surface area contributed by atoms with Crippen molar-refractivity contribution in [1.29, 1.82) is 0 Å². The van der Waals surface area contributed by atoms with Crippen LogP contribution in [-0.4, -0.2) is 61.9 Å². The molecule has 0 aliphatic carbocycles. The molecule has 33 heavy (non-hydrogen) atoms. The quantitative estimate of drug-likeness (QED) is 0.503. The standard InChI is InChI=1S/C24H25N5O4/c1-13-9-16-10-17(5-6-19(16)29(13)24(32)25-4)33-21-7-8-26-28-11-18(14(2)22(21)28)23(31)27-12-20(30)15(27)3/h5-11,15,20,30H,12H2,1-4H3,(H,25,32)/t15-,20-/m1/s1. The molecule has 4 heterocycles. The molecule has 0 spiro atoms. The zero-order valence-corrected chi connectivity index (χ0v) is 18.9. The molecule has 3 aromatic heterocycles. The Morgan fingerprint density at radius 2 is 2.00 bits per heavy atom. The van der Waals surface area contributed by atoms with Crippen molar-refractivity contribution in [3.63, 3.8) is 0 Å². The van der Waals surface area contributed by atoms with E-state index in [4.69, 9.17) is 4.74 Å². The summed E-state index contributed by atoms with van der Waals surface area (Å²) in [5.74, 6) is 1.05. The molecule has 1 aromatic carbocycles. The van der Waals surface area contributed by atoms with E-state index in [0.717, 1.165) is 22.2 Å². The summed E-state index contributed by atoms with van der Waals surface area (Å²) in [6.45, 7) is 5.91. The van der Waals surface area contributed by atoms with Crippen LogP contribution in [0.5, 0.6) is 11.5 Å². The first-order valence-corrected chi connectivity index (χ1v) is 10.8. The normalized spacial score (nSPS) is 17.9. The van der Waals surface area contributed by atoms with Crippen molar-refractivity contribution < 1.29 is 19.4 Å². The topological polar surface area (TPSA) is 101 Å². The van der Waals surface area contributed by atoms with E-state index >= 15 is 0 Å². The number of rotatable bonds is 3. The number of fused-ring (bicyclic) bond motifs is 2. The molecule has 2 amide bonds. The number of ether oxygens (including phenoxy) is 1. The molecule has 9 nitrogen and oxygen atoms in total. The van der Waals surface area contributed by atoms with Crippen molar-refractivity contribution in [3.8, 4) is 11.5 Å². The fraction of sp³-hybridized carbons (Fsp3) is 0.292. The summed E-state index contributed by atoms with van der Waals surface area (Å²) in [5.41, 5.74) is 3.61. The second kappa shape index (κ2) is 7.63. The van der Waals surface area contributed by atoms with E-state index < -0.39 is 6.10 Å². The number of β-amino-alcohol motifs (C(OH)–C–C–N with tert-alkyl or cyclic N) is 1. The molecule has 1 aliphatic heterocycles. The number of aliphatic hydroxyl groups excluding tert-OH is 1. The molecule has 0 radical (unpaired) electrons. The summed E-state index contributed by atoms with van der Waals surface area (Å²) < 4.78 is 9.47. The second-order valence-electron chi connectivity index (χ2n) is 8.42. The van der Waals surface area contributed by atoms with Gasteiger partial charge >= 0.3 is 6.03 Å². The molecule has 1 aliphatic rings. The molecule has 5 rings (SSSR count). The Kier molecular flexibility index (Phi) is 4.86. The number of carbonyl (C=O) groups excluding carboxylic acids is 2. The van der Waals surface area contributed by atoms with Gasteiger partial charge in [-0.3, -0.25) is 9.36 Å². The van der Waals surface area contributed by atoms with E-state index in [1.807, 2.05) is 45.0 Å². The molecule has 1 saturated heterocycles. The number of hydrogen-bond acceptors (Lipinski definition) is 5. The minimum absolute atomic E-state index is 0.130. The molecule has 170 valence electrons. The highest BCUT2D eigenvalue weighted by molar-refractivity contribution is 5.99. The predicted molar refractivity (Wildman–Crippen MR) is 123 cm³/mol. The lowest BCUT2D eigenvalue weighted by molar-refractivity contribution is -0.0357. The summed E-state index contributed by atoms with van der Waals surface area (Å²) in [5, 5.41) is 17.7. The average Bonchev–Trinajstić information content (AvgIpc) is 3.32. The number of carbonyl (C=O) groups is 2. The lowest BCUT2D eigenvalue weighted by atomic mass is 9.99. The smallest absolute Gasteiger partial charge is 0.325 e. The lowest BCUT2D eigenvalue weighted by Crippen LogP contribution is -2.60. The minimum Gasteiger partial charge on any atom is -0.455 e. The Morgan fingerprint density at radius 3 is 2.70 bits per heavy atom. The molecule has 2 N–H and O–H groups in total. The van der Waals surface area contributed by atoms with E-state index in [0.29, 0.717) is 29.1 Å². The van der Waals surface area contributed by atoms with Gasteiger partial charge in [-0.25, -0.2) is 9.31 Å². The van der Waals surface area contributed by atoms with Gasteiger partial charge in [0.15, 0.2) is 5.75 Å². The van der Waals surface area contributed by atoms with Crippen LogP contribution in [0.15, 0.2) is 42.7 Å². The molecule has 2 atom stereocenters. The van der Waals surface area contributed by atoms with Gasteiger partial charge in [-0.1, -0.05) is 0 Å². The number of benzene rings is 1. The Hall–Kier alpha value is -3.85. The third kappa shape index (κ3) is 3.23. The van der Waals surface area contributed by atoms with Crippen LogP contribution in [0.2, 0.25) is 0 Å². The highest BCUT2D eigenvalue weighted by Gasteiger charge is 2.38. The minimum atomic E-state index is -0.486. The number of hydrogen-bond donors (Lipinski definition) is 2. The molecule has 0 unspecified atom stereocenters. The first-order valence-electron chi connectivity index (χ1n) is 10.8. The first kappa shape index (κ1) is 21.0. The van der Waals surface area contributed by atoms with Gasteiger partial charge in [-0.05, 0) is 50.6 Å². The van der Waals surface area contributed by atoms with Crippen molar-refractivity contribution >= 4 is 28.4 Å². The van der Waals surface area contributed by atoms with Crippen molar-refractivity contribution in [3.05, 3.63) is 59.5 Å². The van der Waals surface area contributed by atoms with Crippen LogP contribution in [0, 0.1) is 13.8 Å². The maximum atomic E-state index is 13.0. The zero-order chi connectivity index (χ0) is 23.4. The number of aliphatic hydroxyl groups is 1. The van der Waals surface area contributed by atoms with Gasteiger partial charge in [-0.2, -0.15) is 5.10 Å². The van der Waals surface area contributed by atoms with Crippen LogP contribution in [0.1, 0.15) is 28.5 Å². The van der Waals surface area contributed by atoms with E-state index in [9.17, 15) is 14.7 Å². The SMILES string of the molecule is CNC(=O)n1c(C)cc2cc(Oc3ccnn4cc(C(=O)N5C[C@@H](O)[C@H]5C)c(C)c34)ccc21.